The van der Waals surface area contributed by atoms with Crippen LogP contribution in [0, 0.1) is 0 Å². The van der Waals surface area contributed by atoms with E-state index in [1.165, 1.54) is 12.1 Å². The van der Waals surface area contributed by atoms with Gasteiger partial charge in [0.15, 0.2) is 6.29 Å². The van der Waals surface area contributed by atoms with Gasteiger partial charge in [-0.2, -0.15) is 26.3 Å². The summed E-state index contributed by atoms with van der Waals surface area (Å²) in [6.07, 6.45) is -10.3. The maximum Gasteiger partial charge on any atom is 0.435 e. The maximum atomic E-state index is 14.2. The highest BCUT2D eigenvalue weighted by molar-refractivity contribution is 6.30. The Morgan fingerprint density at radius 1 is 0.969 bits per heavy atom. The molecule has 1 atom stereocenters. The van der Waals surface area contributed by atoms with E-state index >= 15 is 0 Å². The zero-order valence-electron chi connectivity index (χ0n) is 15.9. The van der Waals surface area contributed by atoms with Gasteiger partial charge in [0.05, 0.1) is 11.3 Å². The van der Waals surface area contributed by atoms with Gasteiger partial charge in [0, 0.05) is 28.1 Å². The first kappa shape index (κ1) is 22.1. The largest absolute Gasteiger partial charge is 0.435 e. The second-order valence-electron chi connectivity index (χ2n) is 7.22. The van der Waals surface area contributed by atoms with Gasteiger partial charge in [-0.15, -0.1) is 0 Å². The first-order valence-electron chi connectivity index (χ1n) is 9.13. The van der Waals surface area contributed by atoms with Gasteiger partial charge in [0.1, 0.15) is 0 Å². The lowest BCUT2D eigenvalue weighted by molar-refractivity contribution is -0.276. The molecular weight excluding hydrogens is 460 g/mol. The minimum atomic E-state index is -5.11. The Morgan fingerprint density at radius 2 is 1.66 bits per heavy atom. The molecule has 1 aliphatic heterocycles. The van der Waals surface area contributed by atoms with Crippen LogP contribution in [0.3, 0.4) is 0 Å². The quantitative estimate of drug-likeness (QED) is 0.307. The Hall–Kier alpha value is -3.07. The number of benzene rings is 3. The summed E-state index contributed by atoms with van der Waals surface area (Å²) in [5.74, 6) is 0. The summed E-state index contributed by atoms with van der Waals surface area (Å²) in [5.41, 5.74) is -4.81. The minimum absolute atomic E-state index is 0.121. The van der Waals surface area contributed by atoms with E-state index in [-0.39, 0.29) is 11.3 Å². The third-order valence-electron chi connectivity index (χ3n) is 5.27. The zero-order valence-corrected chi connectivity index (χ0v) is 16.6. The smallest absolute Gasteiger partial charge is 0.374 e. The third kappa shape index (κ3) is 3.60. The predicted molar refractivity (Wildman–Crippen MR) is 106 cm³/mol. The lowest BCUT2D eigenvalue weighted by Crippen LogP contribution is -2.43. The fourth-order valence-corrected chi connectivity index (χ4v) is 3.95. The van der Waals surface area contributed by atoms with Crippen molar-refractivity contribution in [3.05, 3.63) is 81.9 Å². The first-order valence-corrected chi connectivity index (χ1v) is 9.51. The molecule has 3 aromatic carbocycles. The summed E-state index contributed by atoms with van der Waals surface area (Å²) in [6, 6.07) is 11.1. The number of nitrogens with zero attached hydrogens (tertiary/aromatic N) is 1. The fourth-order valence-electron chi connectivity index (χ4n) is 3.71. The van der Waals surface area contributed by atoms with Crippen LogP contribution in [0.25, 0.3) is 10.8 Å². The van der Waals surface area contributed by atoms with Crippen molar-refractivity contribution in [2.75, 3.05) is 0 Å². The molecule has 0 radical (unpaired) electrons. The van der Waals surface area contributed by atoms with Gasteiger partial charge in [-0.25, -0.2) is 0 Å². The van der Waals surface area contributed by atoms with E-state index in [0.717, 1.165) is 6.07 Å². The lowest BCUT2D eigenvalue weighted by Gasteiger charge is -2.30. The summed E-state index contributed by atoms with van der Waals surface area (Å²) in [6.45, 7) is 0. The lowest BCUT2D eigenvalue weighted by atomic mass is 9.84. The molecule has 32 heavy (non-hydrogen) atoms. The number of aldehydes is 1. The van der Waals surface area contributed by atoms with Crippen LogP contribution in [0.2, 0.25) is 5.02 Å². The van der Waals surface area contributed by atoms with Gasteiger partial charge in [0.25, 0.3) is 5.60 Å². The number of oxime groups is 1. The molecule has 1 heterocycles. The Bertz CT molecular complexity index is 1250. The van der Waals surface area contributed by atoms with Crippen LogP contribution in [-0.2, 0) is 16.6 Å². The normalized spacial score (nSPS) is 19.0. The van der Waals surface area contributed by atoms with E-state index in [9.17, 15) is 31.1 Å². The Kier molecular flexibility index (Phi) is 5.20. The first-order chi connectivity index (χ1) is 15.0. The highest BCUT2D eigenvalue weighted by atomic mass is 35.5. The van der Waals surface area contributed by atoms with Crippen LogP contribution in [0.15, 0.2) is 59.8 Å². The number of fused-ring (bicyclic) bond motifs is 1. The molecule has 166 valence electrons. The standard InChI is InChI=1S/C22H12ClF6NO2/c23-15-8-13(7-14(9-15)21(24,25)26)20(22(27,28)29)10-19(30-32-20)18-6-5-12(11-31)16-3-1-2-4-17(16)18/h1-9,11H,10H2. The van der Waals surface area contributed by atoms with Crippen LogP contribution < -0.4 is 0 Å². The number of carbonyl (C=O) groups excluding carboxylic acids is 1. The number of hydrogen-bond donors (Lipinski definition) is 0. The van der Waals surface area contributed by atoms with Gasteiger partial charge < -0.3 is 4.84 Å². The monoisotopic (exact) mass is 471 g/mol. The second-order valence-corrected chi connectivity index (χ2v) is 7.66. The van der Waals surface area contributed by atoms with Crippen molar-refractivity contribution in [3.63, 3.8) is 0 Å². The molecule has 0 N–H and O–H groups in total. The molecule has 0 amide bonds. The van der Waals surface area contributed by atoms with Gasteiger partial charge in [-0.05, 0) is 29.0 Å². The molecule has 4 rings (SSSR count). The minimum Gasteiger partial charge on any atom is -0.374 e. The van der Waals surface area contributed by atoms with Gasteiger partial charge >= 0.3 is 12.4 Å². The third-order valence-corrected chi connectivity index (χ3v) is 5.49. The van der Waals surface area contributed by atoms with Crippen molar-refractivity contribution >= 4 is 34.4 Å². The van der Waals surface area contributed by atoms with Crippen LogP contribution in [0.5, 0.6) is 0 Å². The molecule has 3 aromatic rings. The fraction of sp³-hybridized carbons (Fsp3) is 0.182. The van der Waals surface area contributed by atoms with E-state index in [2.05, 4.69) is 5.16 Å². The molecule has 1 unspecified atom stereocenters. The van der Waals surface area contributed by atoms with Crippen molar-refractivity contribution in [2.24, 2.45) is 5.16 Å². The molecule has 0 saturated heterocycles. The van der Waals surface area contributed by atoms with Gasteiger partial charge in [0.2, 0.25) is 0 Å². The van der Waals surface area contributed by atoms with Crippen LogP contribution in [0.4, 0.5) is 26.3 Å². The average molecular weight is 472 g/mol. The Morgan fingerprint density at radius 3 is 2.28 bits per heavy atom. The molecule has 0 bridgehead atoms. The van der Waals surface area contributed by atoms with Gasteiger partial charge in [-0.3, -0.25) is 4.79 Å². The van der Waals surface area contributed by atoms with Crippen molar-refractivity contribution < 1.29 is 36.0 Å². The Labute approximate surface area is 182 Å². The van der Waals surface area contributed by atoms with Crippen molar-refractivity contribution in [1.29, 1.82) is 0 Å². The zero-order chi connectivity index (χ0) is 23.3. The molecule has 10 heteroatoms. The maximum absolute atomic E-state index is 14.2. The molecule has 1 aliphatic rings. The van der Waals surface area contributed by atoms with Crippen molar-refractivity contribution in [2.45, 2.75) is 24.4 Å². The number of alkyl halides is 6. The summed E-state index contributed by atoms with van der Waals surface area (Å²) in [7, 11) is 0. The van der Waals surface area contributed by atoms with Gasteiger partial charge in [-0.1, -0.05) is 53.2 Å². The molecular formula is C22H12ClF6NO2. The molecule has 3 nitrogen and oxygen atoms in total. The number of carbonyl (C=O) groups is 1. The predicted octanol–water partition coefficient (Wildman–Crippen LogP) is 6.91. The van der Waals surface area contributed by atoms with E-state index in [4.69, 9.17) is 16.4 Å². The molecule has 0 aliphatic carbocycles. The number of rotatable bonds is 3. The summed E-state index contributed by atoms with van der Waals surface area (Å²) in [4.78, 5) is 16.2. The summed E-state index contributed by atoms with van der Waals surface area (Å²) >= 11 is 5.72. The van der Waals surface area contributed by atoms with E-state index in [0.29, 0.717) is 34.8 Å². The van der Waals surface area contributed by atoms with Crippen LogP contribution in [-0.4, -0.2) is 18.2 Å². The van der Waals surface area contributed by atoms with Crippen LogP contribution >= 0.6 is 11.6 Å². The van der Waals surface area contributed by atoms with E-state index in [1.54, 1.807) is 24.3 Å². The molecule has 0 aromatic heterocycles. The van der Waals surface area contributed by atoms with E-state index in [1.807, 2.05) is 0 Å². The number of hydrogen-bond acceptors (Lipinski definition) is 3. The molecule has 0 saturated carbocycles. The SMILES string of the molecule is O=Cc1ccc(C2=NOC(c3cc(Cl)cc(C(F)(F)F)c3)(C(F)(F)F)C2)c2ccccc12. The van der Waals surface area contributed by atoms with Crippen molar-refractivity contribution in [3.8, 4) is 0 Å². The van der Waals surface area contributed by atoms with Crippen molar-refractivity contribution in [1.82, 2.24) is 0 Å². The molecule has 0 spiro atoms. The van der Waals surface area contributed by atoms with E-state index < -0.39 is 40.5 Å². The highest BCUT2D eigenvalue weighted by Crippen LogP contribution is 2.50. The Balaban J connectivity index is 1.85. The summed E-state index contributed by atoms with van der Waals surface area (Å²) < 4.78 is 82.3. The van der Waals surface area contributed by atoms with Crippen LogP contribution in [0.1, 0.15) is 33.5 Å². The molecule has 0 fully saturated rings. The average Bonchev–Trinajstić information content (AvgIpc) is 3.18. The highest BCUT2D eigenvalue weighted by Gasteiger charge is 2.62. The summed E-state index contributed by atoms with van der Waals surface area (Å²) in [5, 5.41) is 4.05. The second kappa shape index (κ2) is 7.51. The number of halogens is 7. The topological polar surface area (TPSA) is 38.7 Å².